The summed E-state index contributed by atoms with van der Waals surface area (Å²) < 4.78 is 28.6. The van der Waals surface area contributed by atoms with Crippen LogP contribution in [0.25, 0.3) is 0 Å². The number of hydrogen-bond acceptors (Lipinski definition) is 4. The minimum atomic E-state index is -4.06. The molecule has 0 aromatic heterocycles. The smallest absolute Gasteiger partial charge is 0.264 e. The number of rotatable bonds is 11. The number of benzene rings is 3. The Kier molecular flexibility index (Phi) is 9.47. The average molecular weight is 522 g/mol. The van der Waals surface area contributed by atoms with E-state index < -0.39 is 28.5 Å². The van der Waals surface area contributed by atoms with E-state index in [1.54, 1.807) is 54.6 Å². The maximum absolute atomic E-state index is 13.9. The summed E-state index contributed by atoms with van der Waals surface area (Å²) >= 11 is 0. The zero-order chi connectivity index (χ0) is 27.0. The van der Waals surface area contributed by atoms with Crippen LogP contribution in [0.2, 0.25) is 0 Å². The van der Waals surface area contributed by atoms with E-state index in [1.807, 2.05) is 52.0 Å². The van der Waals surface area contributed by atoms with Crippen LogP contribution < -0.4 is 9.62 Å². The van der Waals surface area contributed by atoms with Crippen molar-refractivity contribution < 1.29 is 18.0 Å². The molecule has 0 bridgehead atoms. The second-order valence-electron chi connectivity index (χ2n) is 8.99. The zero-order valence-corrected chi connectivity index (χ0v) is 22.7. The van der Waals surface area contributed by atoms with Crippen LogP contribution in [0.4, 0.5) is 5.69 Å². The van der Waals surface area contributed by atoms with Crippen LogP contribution in [0.15, 0.2) is 83.8 Å². The predicted molar refractivity (Wildman–Crippen MR) is 147 cm³/mol. The second-order valence-corrected chi connectivity index (χ2v) is 10.9. The van der Waals surface area contributed by atoms with Crippen LogP contribution in [-0.4, -0.2) is 44.3 Å². The number of para-hydroxylation sites is 1. The van der Waals surface area contributed by atoms with Gasteiger partial charge in [0.15, 0.2) is 0 Å². The van der Waals surface area contributed by atoms with Gasteiger partial charge in [-0.3, -0.25) is 13.9 Å². The van der Waals surface area contributed by atoms with Crippen LogP contribution in [0.1, 0.15) is 37.0 Å². The normalized spacial score (nSPS) is 12.0. The van der Waals surface area contributed by atoms with Gasteiger partial charge in [0.25, 0.3) is 10.0 Å². The van der Waals surface area contributed by atoms with Crippen molar-refractivity contribution in [3.05, 3.63) is 95.6 Å². The summed E-state index contributed by atoms with van der Waals surface area (Å²) in [7, 11) is -4.06. The van der Waals surface area contributed by atoms with Crippen molar-refractivity contribution >= 4 is 27.5 Å². The first-order valence-corrected chi connectivity index (χ1v) is 13.9. The highest BCUT2D eigenvalue weighted by atomic mass is 32.2. The highest BCUT2D eigenvalue weighted by molar-refractivity contribution is 7.92. The molecule has 0 heterocycles. The van der Waals surface area contributed by atoms with E-state index in [0.717, 1.165) is 21.0 Å². The third-order valence-corrected chi connectivity index (χ3v) is 7.89. The van der Waals surface area contributed by atoms with Crippen LogP contribution in [0, 0.1) is 13.8 Å². The SMILES string of the molecule is CCNC(=O)C(CC)N(Cc1cccc(C)c1)C(=O)CN(c1ccccc1)S(=O)(=O)c1ccc(C)cc1. The average Bonchev–Trinajstić information content (AvgIpc) is 2.88. The lowest BCUT2D eigenvalue weighted by Gasteiger charge is -2.33. The first-order chi connectivity index (χ1) is 17.7. The van der Waals surface area contributed by atoms with Gasteiger partial charge in [0, 0.05) is 13.1 Å². The number of aryl methyl sites for hydroxylation is 2. The molecule has 0 aliphatic rings. The second kappa shape index (κ2) is 12.5. The molecular formula is C29H35N3O4S. The highest BCUT2D eigenvalue weighted by Crippen LogP contribution is 2.25. The van der Waals surface area contributed by atoms with E-state index in [2.05, 4.69) is 5.32 Å². The lowest BCUT2D eigenvalue weighted by atomic mass is 10.1. The van der Waals surface area contributed by atoms with E-state index in [0.29, 0.717) is 18.7 Å². The van der Waals surface area contributed by atoms with Gasteiger partial charge in [-0.25, -0.2) is 8.42 Å². The van der Waals surface area contributed by atoms with E-state index in [4.69, 9.17) is 0 Å². The van der Waals surface area contributed by atoms with Gasteiger partial charge in [-0.1, -0.05) is 72.6 Å². The Labute approximate surface area is 220 Å². The third kappa shape index (κ3) is 6.98. The number of hydrogen-bond donors (Lipinski definition) is 1. The third-order valence-electron chi connectivity index (χ3n) is 6.10. The molecule has 8 heteroatoms. The molecule has 0 saturated heterocycles. The van der Waals surface area contributed by atoms with Crippen molar-refractivity contribution in [3.8, 4) is 0 Å². The lowest BCUT2D eigenvalue weighted by Crippen LogP contribution is -2.52. The van der Waals surface area contributed by atoms with E-state index in [1.165, 1.54) is 4.90 Å². The number of amides is 2. The molecule has 1 unspecified atom stereocenters. The van der Waals surface area contributed by atoms with Gasteiger partial charge < -0.3 is 10.2 Å². The molecule has 0 saturated carbocycles. The maximum Gasteiger partial charge on any atom is 0.264 e. The zero-order valence-electron chi connectivity index (χ0n) is 21.8. The molecule has 3 aromatic carbocycles. The molecule has 7 nitrogen and oxygen atoms in total. The van der Waals surface area contributed by atoms with Gasteiger partial charge in [0.1, 0.15) is 12.6 Å². The van der Waals surface area contributed by atoms with E-state index >= 15 is 0 Å². The Bertz CT molecular complexity index is 1310. The molecule has 37 heavy (non-hydrogen) atoms. The summed E-state index contributed by atoms with van der Waals surface area (Å²) in [5.74, 6) is -0.724. The van der Waals surface area contributed by atoms with Crippen LogP contribution in [0.5, 0.6) is 0 Å². The van der Waals surface area contributed by atoms with Crippen molar-refractivity contribution in [2.24, 2.45) is 0 Å². The van der Waals surface area contributed by atoms with E-state index in [-0.39, 0.29) is 17.3 Å². The fourth-order valence-corrected chi connectivity index (χ4v) is 5.59. The van der Waals surface area contributed by atoms with Crippen molar-refractivity contribution in [3.63, 3.8) is 0 Å². The lowest BCUT2D eigenvalue weighted by molar-refractivity contribution is -0.140. The largest absolute Gasteiger partial charge is 0.355 e. The van der Waals surface area contributed by atoms with Gasteiger partial charge in [0.05, 0.1) is 10.6 Å². The van der Waals surface area contributed by atoms with Gasteiger partial charge in [-0.05, 0) is 57.0 Å². The van der Waals surface area contributed by atoms with Gasteiger partial charge >= 0.3 is 0 Å². The molecule has 0 fully saturated rings. The Morgan fingerprint density at radius 3 is 2.14 bits per heavy atom. The van der Waals surface area contributed by atoms with Crippen LogP contribution >= 0.6 is 0 Å². The molecule has 0 radical (unpaired) electrons. The van der Waals surface area contributed by atoms with Gasteiger partial charge in [-0.15, -0.1) is 0 Å². The quantitative estimate of drug-likeness (QED) is 0.404. The minimum absolute atomic E-state index is 0.0933. The summed E-state index contributed by atoms with van der Waals surface area (Å²) in [4.78, 5) is 28.4. The first-order valence-electron chi connectivity index (χ1n) is 12.4. The number of nitrogens with one attached hydrogen (secondary N) is 1. The number of carbonyl (C=O) groups is 2. The molecule has 2 amide bonds. The summed E-state index contributed by atoms with van der Waals surface area (Å²) in [6.45, 7) is 7.68. The number of likely N-dealkylation sites (N-methyl/N-ethyl adjacent to an activating group) is 1. The monoisotopic (exact) mass is 521 g/mol. The summed E-state index contributed by atoms with van der Waals surface area (Å²) in [6.07, 6.45) is 0.388. The van der Waals surface area contributed by atoms with Gasteiger partial charge in [0.2, 0.25) is 11.8 Å². The molecule has 1 atom stereocenters. The Morgan fingerprint density at radius 1 is 0.865 bits per heavy atom. The highest BCUT2D eigenvalue weighted by Gasteiger charge is 2.33. The van der Waals surface area contributed by atoms with Crippen LogP contribution in [-0.2, 0) is 26.2 Å². The Hall–Kier alpha value is -3.65. The molecule has 1 N–H and O–H groups in total. The van der Waals surface area contributed by atoms with Crippen LogP contribution in [0.3, 0.4) is 0 Å². The summed E-state index contributed by atoms with van der Waals surface area (Å²) in [5, 5.41) is 2.81. The fraction of sp³-hybridized carbons (Fsp3) is 0.310. The Morgan fingerprint density at radius 2 is 1.54 bits per heavy atom. The number of anilines is 1. The predicted octanol–water partition coefficient (Wildman–Crippen LogP) is 4.44. The number of carbonyl (C=O) groups excluding carboxylic acids is 2. The first kappa shape index (κ1) is 27.9. The molecular weight excluding hydrogens is 486 g/mol. The van der Waals surface area contributed by atoms with Crippen molar-refractivity contribution in [2.75, 3.05) is 17.4 Å². The topological polar surface area (TPSA) is 86.8 Å². The molecule has 196 valence electrons. The van der Waals surface area contributed by atoms with Crippen molar-refractivity contribution in [1.82, 2.24) is 10.2 Å². The molecule has 0 spiro atoms. The molecule has 3 aromatic rings. The minimum Gasteiger partial charge on any atom is -0.355 e. The van der Waals surface area contributed by atoms with E-state index in [9.17, 15) is 18.0 Å². The Balaban J connectivity index is 2.03. The van der Waals surface area contributed by atoms with Gasteiger partial charge in [-0.2, -0.15) is 0 Å². The fourth-order valence-electron chi connectivity index (χ4n) is 4.18. The summed E-state index contributed by atoms with van der Waals surface area (Å²) in [6, 6.07) is 22.1. The van der Waals surface area contributed by atoms with Crippen molar-refractivity contribution in [1.29, 1.82) is 0 Å². The standard InChI is InChI=1S/C29H35N3O4S/c1-5-27(29(34)30-6-2)31(20-24-12-10-11-23(4)19-24)28(33)21-32(25-13-8-7-9-14-25)37(35,36)26-17-15-22(3)16-18-26/h7-19,27H,5-6,20-21H2,1-4H3,(H,30,34). The van der Waals surface area contributed by atoms with Crippen molar-refractivity contribution in [2.45, 2.75) is 51.6 Å². The molecule has 3 rings (SSSR count). The number of nitrogens with zero attached hydrogens (tertiary/aromatic N) is 2. The molecule has 0 aliphatic carbocycles. The summed E-state index contributed by atoms with van der Waals surface area (Å²) in [5.41, 5.74) is 3.20. The molecule has 0 aliphatic heterocycles. The number of sulfonamides is 1. The maximum atomic E-state index is 13.9.